The van der Waals surface area contributed by atoms with Crippen LogP contribution in [-0.2, 0) is 11.3 Å². The van der Waals surface area contributed by atoms with Gasteiger partial charge >= 0.3 is 0 Å². The Hall–Kier alpha value is -3.08. The molecule has 126 valence electrons. The fraction of sp³-hybridized carbons (Fsp3) is 0.200. The van der Waals surface area contributed by atoms with Gasteiger partial charge in [0.05, 0.1) is 12.8 Å². The summed E-state index contributed by atoms with van der Waals surface area (Å²) < 4.78 is 7.30. The largest absolute Gasteiger partial charge is 0.465 e. The molecule has 0 aliphatic carbocycles. The van der Waals surface area contributed by atoms with Crippen molar-refractivity contribution in [2.75, 3.05) is 5.32 Å². The van der Waals surface area contributed by atoms with Gasteiger partial charge in [0.15, 0.2) is 5.82 Å². The second-order valence-corrected chi connectivity index (χ2v) is 6.22. The van der Waals surface area contributed by atoms with E-state index >= 15 is 0 Å². The molecule has 2 aromatic heterocycles. The zero-order valence-corrected chi connectivity index (χ0v) is 14.0. The van der Waals surface area contributed by atoms with Gasteiger partial charge in [0.25, 0.3) is 0 Å². The van der Waals surface area contributed by atoms with Crippen LogP contribution in [-0.4, -0.2) is 15.7 Å². The first-order chi connectivity index (χ1) is 12.2. The summed E-state index contributed by atoms with van der Waals surface area (Å²) in [5.41, 5.74) is 3.34. The number of hydrogen-bond acceptors (Lipinski definition) is 3. The number of allylic oxidation sites excluding steroid dienone is 1. The predicted molar refractivity (Wildman–Crippen MR) is 96.2 cm³/mol. The number of carbonyl (C=O) groups excluding carboxylic acids is 1. The van der Waals surface area contributed by atoms with Gasteiger partial charge in [0.2, 0.25) is 5.91 Å². The summed E-state index contributed by atoms with van der Waals surface area (Å²) in [6.07, 6.45) is 6.00. The Bertz CT molecular complexity index is 908. The molecule has 5 heteroatoms. The van der Waals surface area contributed by atoms with E-state index in [1.54, 1.807) is 6.26 Å². The summed E-state index contributed by atoms with van der Waals surface area (Å²) >= 11 is 0. The first-order valence-corrected chi connectivity index (χ1v) is 8.33. The molecular weight excluding hydrogens is 314 g/mol. The molecule has 4 rings (SSSR count). The maximum atomic E-state index is 12.1. The van der Waals surface area contributed by atoms with Crippen molar-refractivity contribution in [3.05, 3.63) is 77.4 Å². The van der Waals surface area contributed by atoms with Crippen LogP contribution in [0.2, 0.25) is 0 Å². The highest BCUT2D eigenvalue weighted by molar-refractivity contribution is 5.94. The van der Waals surface area contributed by atoms with E-state index in [2.05, 4.69) is 29.5 Å². The summed E-state index contributed by atoms with van der Waals surface area (Å²) in [4.78, 5) is 12.1. The molecule has 1 aromatic carbocycles. The topological polar surface area (TPSA) is 60.1 Å². The molecule has 1 aliphatic rings. The smallest absolute Gasteiger partial charge is 0.226 e. The van der Waals surface area contributed by atoms with Crippen LogP contribution in [0.15, 0.2) is 59.2 Å². The number of benzene rings is 1. The van der Waals surface area contributed by atoms with E-state index in [4.69, 9.17) is 4.42 Å². The Labute approximate surface area is 146 Å². The number of aromatic nitrogens is 2. The number of nitrogens with one attached hydrogen (secondary N) is 1. The summed E-state index contributed by atoms with van der Waals surface area (Å²) in [5, 5.41) is 7.52. The molecule has 5 nitrogen and oxygen atoms in total. The van der Waals surface area contributed by atoms with Gasteiger partial charge < -0.3 is 9.73 Å². The van der Waals surface area contributed by atoms with E-state index in [1.165, 1.54) is 5.56 Å². The van der Waals surface area contributed by atoms with Gasteiger partial charge in [-0.15, -0.1) is 0 Å². The summed E-state index contributed by atoms with van der Waals surface area (Å²) in [6, 6.07) is 13.9. The summed E-state index contributed by atoms with van der Waals surface area (Å²) in [5.74, 6) is 1.44. The van der Waals surface area contributed by atoms with Crippen molar-refractivity contribution >= 4 is 17.8 Å². The third-order valence-electron chi connectivity index (χ3n) is 4.50. The lowest BCUT2D eigenvalue weighted by molar-refractivity contribution is -0.116. The van der Waals surface area contributed by atoms with E-state index in [0.717, 1.165) is 17.0 Å². The minimum absolute atomic E-state index is 0.00151. The maximum absolute atomic E-state index is 12.1. The van der Waals surface area contributed by atoms with Gasteiger partial charge in [0.1, 0.15) is 5.76 Å². The molecule has 1 N–H and O–H groups in total. The van der Waals surface area contributed by atoms with Crippen LogP contribution >= 0.6 is 0 Å². The molecule has 0 bridgehead atoms. The average molecular weight is 333 g/mol. The first-order valence-electron chi connectivity index (χ1n) is 8.33. The van der Waals surface area contributed by atoms with Crippen LogP contribution in [0.3, 0.4) is 0 Å². The van der Waals surface area contributed by atoms with Gasteiger partial charge in [-0.1, -0.05) is 36.4 Å². The predicted octanol–water partition coefficient (Wildman–Crippen LogP) is 3.97. The summed E-state index contributed by atoms with van der Waals surface area (Å²) in [6.45, 7) is 2.74. The fourth-order valence-corrected chi connectivity index (χ4v) is 3.25. The standard InChI is InChI=1S/C20H19N3O2/c1-14-19-16(9-10-17-8-5-11-25-17)12-18(24)21-20(19)22-23(14)13-15-6-3-2-4-7-15/h2-11,16H,12-13H2,1H3,(H,21,22,24)/b10-9+. The third-order valence-corrected chi connectivity index (χ3v) is 4.50. The highest BCUT2D eigenvalue weighted by Crippen LogP contribution is 2.35. The minimum Gasteiger partial charge on any atom is -0.465 e. The van der Waals surface area contributed by atoms with Gasteiger partial charge in [-0.05, 0) is 30.7 Å². The summed E-state index contributed by atoms with van der Waals surface area (Å²) in [7, 11) is 0. The first kappa shape index (κ1) is 15.4. The number of nitrogens with zero attached hydrogens (tertiary/aromatic N) is 2. The van der Waals surface area contributed by atoms with Crippen LogP contribution in [0.4, 0.5) is 5.82 Å². The lowest BCUT2D eigenvalue weighted by Gasteiger charge is -2.19. The van der Waals surface area contributed by atoms with Crippen molar-refractivity contribution in [3.63, 3.8) is 0 Å². The van der Waals surface area contributed by atoms with E-state index in [1.807, 2.05) is 47.2 Å². The van der Waals surface area contributed by atoms with Gasteiger partial charge in [-0.25, -0.2) is 0 Å². The number of fused-ring (bicyclic) bond motifs is 1. The lowest BCUT2D eigenvalue weighted by atomic mass is 9.91. The van der Waals surface area contributed by atoms with Crippen LogP contribution in [0.25, 0.3) is 6.08 Å². The molecule has 0 saturated heterocycles. The Morgan fingerprint density at radius 3 is 2.88 bits per heavy atom. The molecule has 3 heterocycles. The molecule has 0 saturated carbocycles. The number of furan rings is 1. The molecule has 1 unspecified atom stereocenters. The van der Waals surface area contributed by atoms with Gasteiger partial charge in [-0.2, -0.15) is 5.10 Å². The van der Waals surface area contributed by atoms with Crippen molar-refractivity contribution < 1.29 is 9.21 Å². The molecule has 25 heavy (non-hydrogen) atoms. The number of anilines is 1. The Balaban J connectivity index is 1.66. The van der Waals surface area contributed by atoms with Crippen molar-refractivity contribution in [1.82, 2.24) is 9.78 Å². The number of carbonyl (C=O) groups is 1. The number of hydrogen-bond donors (Lipinski definition) is 1. The maximum Gasteiger partial charge on any atom is 0.226 e. The highest BCUT2D eigenvalue weighted by atomic mass is 16.3. The minimum atomic E-state index is -0.00837. The van der Waals surface area contributed by atoms with Gasteiger partial charge in [-0.3, -0.25) is 9.48 Å². The van der Waals surface area contributed by atoms with Crippen LogP contribution < -0.4 is 5.32 Å². The molecule has 1 amide bonds. The third kappa shape index (κ3) is 3.13. The van der Waals surface area contributed by atoms with Crippen LogP contribution in [0, 0.1) is 6.92 Å². The van der Waals surface area contributed by atoms with Crippen molar-refractivity contribution in [2.45, 2.75) is 25.8 Å². The van der Waals surface area contributed by atoms with E-state index in [9.17, 15) is 4.79 Å². The Morgan fingerprint density at radius 2 is 2.12 bits per heavy atom. The fourth-order valence-electron chi connectivity index (χ4n) is 3.25. The van der Waals surface area contributed by atoms with Crippen molar-refractivity contribution in [2.24, 2.45) is 0 Å². The number of rotatable bonds is 4. The molecule has 0 spiro atoms. The average Bonchev–Trinajstić information content (AvgIpc) is 3.22. The molecule has 3 aromatic rings. The Morgan fingerprint density at radius 1 is 1.28 bits per heavy atom. The van der Waals surface area contributed by atoms with Crippen molar-refractivity contribution in [3.8, 4) is 0 Å². The van der Waals surface area contributed by atoms with E-state index in [0.29, 0.717) is 18.8 Å². The molecule has 1 atom stereocenters. The Kier molecular flexibility index (Phi) is 3.98. The molecule has 0 fully saturated rings. The normalized spacial score (nSPS) is 16.8. The zero-order chi connectivity index (χ0) is 17.2. The molecule has 1 aliphatic heterocycles. The second-order valence-electron chi connectivity index (χ2n) is 6.22. The molecular formula is C20H19N3O2. The lowest BCUT2D eigenvalue weighted by Crippen LogP contribution is -2.21. The zero-order valence-electron chi connectivity index (χ0n) is 14.0. The quantitative estimate of drug-likeness (QED) is 0.786. The van der Waals surface area contributed by atoms with E-state index < -0.39 is 0 Å². The highest BCUT2D eigenvalue weighted by Gasteiger charge is 2.29. The number of amides is 1. The van der Waals surface area contributed by atoms with Gasteiger partial charge in [0, 0.05) is 23.6 Å². The van der Waals surface area contributed by atoms with Crippen molar-refractivity contribution in [1.29, 1.82) is 0 Å². The second kappa shape index (κ2) is 6.43. The molecule has 0 radical (unpaired) electrons. The van der Waals surface area contributed by atoms with Crippen LogP contribution in [0.5, 0.6) is 0 Å². The monoisotopic (exact) mass is 333 g/mol. The van der Waals surface area contributed by atoms with Crippen LogP contribution in [0.1, 0.15) is 34.9 Å². The SMILES string of the molecule is Cc1c2c(nn1Cc1ccccc1)NC(=O)CC2/C=C/c1ccco1. The van der Waals surface area contributed by atoms with E-state index in [-0.39, 0.29) is 11.8 Å².